The van der Waals surface area contributed by atoms with Crippen LogP contribution in [0, 0.1) is 5.92 Å². The van der Waals surface area contributed by atoms with Gasteiger partial charge in [0.25, 0.3) is 5.91 Å². The molecule has 1 amide bonds. The molecule has 1 atom stereocenters. The molecule has 0 aliphatic heterocycles. The van der Waals surface area contributed by atoms with E-state index in [0.717, 1.165) is 23.6 Å². The summed E-state index contributed by atoms with van der Waals surface area (Å²) in [5, 5.41) is 4.99. The number of benzene rings is 1. The van der Waals surface area contributed by atoms with Gasteiger partial charge in [-0.05, 0) is 37.1 Å². The molecule has 4 heteroatoms. The molecule has 1 heterocycles. The van der Waals surface area contributed by atoms with E-state index in [1.807, 2.05) is 37.3 Å². The van der Waals surface area contributed by atoms with Crippen LogP contribution in [0.5, 0.6) is 0 Å². The van der Waals surface area contributed by atoms with Crippen LogP contribution < -0.4 is 11.1 Å². The van der Waals surface area contributed by atoms with Gasteiger partial charge in [-0.25, -0.2) is 0 Å². The number of carbonyl (C=O) groups is 1. The van der Waals surface area contributed by atoms with E-state index >= 15 is 0 Å². The smallest absolute Gasteiger partial charge is 0.270 e. The van der Waals surface area contributed by atoms with Crippen molar-refractivity contribution in [2.24, 2.45) is 11.7 Å². The molecule has 1 unspecified atom stereocenters. The summed E-state index contributed by atoms with van der Waals surface area (Å²) >= 11 is 0. The van der Waals surface area contributed by atoms with Crippen molar-refractivity contribution in [3.05, 3.63) is 42.2 Å². The minimum Gasteiger partial charge on any atom is -0.344 e. The summed E-state index contributed by atoms with van der Waals surface area (Å²) in [4.78, 5) is 16.8. The van der Waals surface area contributed by atoms with Crippen molar-refractivity contribution in [3.63, 3.8) is 0 Å². The van der Waals surface area contributed by atoms with Crippen LogP contribution in [0.3, 0.4) is 0 Å². The number of carbonyl (C=O) groups excluding carboxylic acids is 1. The molecule has 1 saturated carbocycles. The minimum atomic E-state index is -0.324. The van der Waals surface area contributed by atoms with Crippen LogP contribution in [0.2, 0.25) is 0 Å². The summed E-state index contributed by atoms with van der Waals surface area (Å²) in [6.45, 7) is 2.47. The van der Waals surface area contributed by atoms with Crippen molar-refractivity contribution < 1.29 is 4.79 Å². The Morgan fingerprint density at radius 3 is 2.85 bits per heavy atom. The standard InChI is InChI=1S/C16H19N3O/c1-16(10-17,12-6-7-12)19-15(20)14-13-5-3-2-4-11(13)8-9-18-14/h2-5,8-9,12H,6-7,10,17H2,1H3,(H,19,20). The second-order valence-electron chi connectivity index (χ2n) is 5.73. The van der Waals surface area contributed by atoms with E-state index in [2.05, 4.69) is 10.3 Å². The summed E-state index contributed by atoms with van der Waals surface area (Å²) in [6, 6.07) is 9.70. The quantitative estimate of drug-likeness (QED) is 0.893. The molecular formula is C16H19N3O. The lowest BCUT2D eigenvalue weighted by atomic mass is 9.95. The first-order valence-electron chi connectivity index (χ1n) is 7.00. The van der Waals surface area contributed by atoms with Crippen molar-refractivity contribution in [1.82, 2.24) is 10.3 Å². The van der Waals surface area contributed by atoms with Crippen molar-refractivity contribution in [2.75, 3.05) is 6.54 Å². The third kappa shape index (κ3) is 2.27. The lowest BCUT2D eigenvalue weighted by Gasteiger charge is -2.29. The number of fused-ring (bicyclic) bond motifs is 1. The van der Waals surface area contributed by atoms with Gasteiger partial charge < -0.3 is 11.1 Å². The Hall–Kier alpha value is -1.94. The zero-order valence-electron chi connectivity index (χ0n) is 11.6. The Morgan fingerprint density at radius 1 is 1.40 bits per heavy atom. The van der Waals surface area contributed by atoms with Gasteiger partial charge in [0, 0.05) is 18.1 Å². The third-order valence-electron chi connectivity index (χ3n) is 4.19. The minimum absolute atomic E-state index is 0.137. The molecule has 0 bridgehead atoms. The van der Waals surface area contributed by atoms with E-state index in [1.54, 1.807) is 6.20 Å². The average Bonchev–Trinajstić information content (AvgIpc) is 3.31. The van der Waals surface area contributed by atoms with Gasteiger partial charge in [-0.1, -0.05) is 24.3 Å². The van der Waals surface area contributed by atoms with Crippen molar-refractivity contribution in [3.8, 4) is 0 Å². The molecule has 0 spiro atoms. The highest BCUT2D eigenvalue weighted by Gasteiger charge is 2.41. The third-order valence-corrected chi connectivity index (χ3v) is 4.19. The van der Waals surface area contributed by atoms with Gasteiger partial charge in [0.15, 0.2) is 0 Å². The Morgan fingerprint density at radius 2 is 2.15 bits per heavy atom. The van der Waals surface area contributed by atoms with E-state index in [0.29, 0.717) is 18.2 Å². The normalized spacial score (nSPS) is 17.7. The van der Waals surface area contributed by atoms with Gasteiger partial charge >= 0.3 is 0 Å². The van der Waals surface area contributed by atoms with Crippen LogP contribution in [-0.2, 0) is 0 Å². The van der Waals surface area contributed by atoms with Gasteiger partial charge in [0.05, 0.1) is 5.54 Å². The van der Waals surface area contributed by atoms with Gasteiger partial charge in [-0.3, -0.25) is 9.78 Å². The maximum Gasteiger partial charge on any atom is 0.270 e. The first-order valence-corrected chi connectivity index (χ1v) is 7.00. The van der Waals surface area contributed by atoms with Crippen LogP contribution in [-0.4, -0.2) is 23.0 Å². The number of hydrogen-bond acceptors (Lipinski definition) is 3. The molecule has 20 heavy (non-hydrogen) atoms. The monoisotopic (exact) mass is 269 g/mol. The molecule has 1 aromatic carbocycles. The Labute approximate surface area is 118 Å². The summed E-state index contributed by atoms with van der Waals surface area (Å²) in [5.74, 6) is 0.355. The number of rotatable bonds is 4. The number of nitrogens with one attached hydrogen (secondary N) is 1. The highest BCUT2D eigenvalue weighted by Crippen LogP contribution is 2.39. The predicted octanol–water partition coefficient (Wildman–Crippen LogP) is 2.09. The highest BCUT2D eigenvalue weighted by atomic mass is 16.2. The maximum absolute atomic E-state index is 12.5. The fourth-order valence-electron chi connectivity index (χ4n) is 2.66. The lowest BCUT2D eigenvalue weighted by molar-refractivity contribution is 0.0894. The molecule has 1 aliphatic rings. The van der Waals surface area contributed by atoms with Gasteiger partial charge in [-0.15, -0.1) is 0 Å². The van der Waals surface area contributed by atoms with E-state index < -0.39 is 0 Å². The Balaban J connectivity index is 1.93. The lowest BCUT2D eigenvalue weighted by Crippen LogP contribution is -2.53. The number of nitrogens with zero attached hydrogens (tertiary/aromatic N) is 1. The van der Waals surface area contributed by atoms with Crippen LogP contribution in [0.4, 0.5) is 0 Å². The predicted molar refractivity (Wildman–Crippen MR) is 79.4 cm³/mol. The first kappa shape index (κ1) is 13.1. The molecule has 0 radical (unpaired) electrons. The van der Waals surface area contributed by atoms with Crippen molar-refractivity contribution >= 4 is 16.7 Å². The zero-order chi connectivity index (χ0) is 14.2. The molecule has 3 N–H and O–H groups in total. The van der Waals surface area contributed by atoms with Crippen molar-refractivity contribution in [2.45, 2.75) is 25.3 Å². The van der Waals surface area contributed by atoms with Crippen LogP contribution in [0.15, 0.2) is 36.5 Å². The van der Waals surface area contributed by atoms with Gasteiger partial charge in [0.2, 0.25) is 0 Å². The molecule has 1 fully saturated rings. The van der Waals surface area contributed by atoms with Gasteiger partial charge in [-0.2, -0.15) is 0 Å². The maximum atomic E-state index is 12.5. The molecule has 1 aromatic heterocycles. The average molecular weight is 269 g/mol. The topological polar surface area (TPSA) is 68.0 Å². The van der Waals surface area contributed by atoms with Gasteiger partial charge in [0.1, 0.15) is 5.69 Å². The second-order valence-corrected chi connectivity index (χ2v) is 5.73. The van der Waals surface area contributed by atoms with E-state index in [1.165, 1.54) is 0 Å². The summed E-state index contributed by atoms with van der Waals surface area (Å²) in [7, 11) is 0. The molecule has 104 valence electrons. The molecule has 3 rings (SSSR count). The number of amides is 1. The first-order chi connectivity index (χ1) is 9.64. The SMILES string of the molecule is CC(CN)(NC(=O)c1nccc2ccccc12)C1CC1. The van der Waals surface area contributed by atoms with Crippen LogP contribution in [0.25, 0.3) is 10.8 Å². The Bertz CT molecular complexity index is 646. The molecule has 2 aromatic rings. The Kier molecular flexibility index (Phi) is 3.18. The molecule has 1 aliphatic carbocycles. The van der Waals surface area contributed by atoms with Crippen molar-refractivity contribution in [1.29, 1.82) is 0 Å². The van der Waals surface area contributed by atoms with E-state index in [9.17, 15) is 4.79 Å². The fraction of sp³-hybridized carbons (Fsp3) is 0.375. The number of pyridine rings is 1. The number of hydrogen-bond donors (Lipinski definition) is 2. The fourth-order valence-corrected chi connectivity index (χ4v) is 2.66. The van der Waals surface area contributed by atoms with E-state index in [4.69, 9.17) is 5.73 Å². The van der Waals surface area contributed by atoms with E-state index in [-0.39, 0.29) is 11.4 Å². The summed E-state index contributed by atoms with van der Waals surface area (Å²) in [6.07, 6.45) is 3.95. The zero-order valence-corrected chi connectivity index (χ0v) is 11.6. The largest absolute Gasteiger partial charge is 0.344 e. The summed E-state index contributed by atoms with van der Waals surface area (Å²) < 4.78 is 0. The molecule has 0 saturated heterocycles. The van der Waals surface area contributed by atoms with Crippen LogP contribution >= 0.6 is 0 Å². The number of aromatic nitrogens is 1. The summed E-state index contributed by atoms with van der Waals surface area (Å²) in [5.41, 5.74) is 6.00. The molecule has 4 nitrogen and oxygen atoms in total. The second kappa shape index (κ2) is 4.87. The number of nitrogens with two attached hydrogens (primary N) is 1. The highest BCUT2D eigenvalue weighted by molar-refractivity contribution is 6.05. The van der Waals surface area contributed by atoms with Crippen LogP contribution in [0.1, 0.15) is 30.3 Å². The molecular weight excluding hydrogens is 250 g/mol.